The number of rotatable bonds is 3. The van der Waals surface area contributed by atoms with Gasteiger partial charge in [-0.1, -0.05) is 55.4 Å². The zero-order valence-corrected chi connectivity index (χ0v) is 17.7. The molecule has 2 rings (SSSR count). The predicted octanol–water partition coefficient (Wildman–Crippen LogP) is 4.23. The van der Waals surface area contributed by atoms with Crippen molar-refractivity contribution in [1.29, 1.82) is 0 Å². The summed E-state index contributed by atoms with van der Waals surface area (Å²) in [5.74, 6) is 2.20. The minimum absolute atomic E-state index is 0.0186. The van der Waals surface area contributed by atoms with Gasteiger partial charge in [0.1, 0.15) is 5.84 Å². The molecule has 0 bridgehead atoms. The van der Waals surface area contributed by atoms with E-state index < -0.39 is 0 Å². The highest BCUT2D eigenvalue weighted by Crippen LogP contribution is 2.45. The lowest BCUT2D eigenvalue weighted by Crippen LogP contribution is -2.45. The van der Waals surface area contributed by atoms with Gasteiger partial charge >= 0.3 is 0 Å². The van der Waals surface area contributed by atoms with Crippen LogP contribution in [-0.2, 0) is 4.79 Å². The third-order valence-electron chi connectivity index (χ3n) is 5.12. The van der Waals surface area contributed by atoms with Crippen LogP contribution < -0.4 is 5.32 Å². The maximum absolute atomic E-state index is 11.3. The third-order valence-corrected chi connectivity index (χ3v) is 5.12. The van der Waals surface area contributed by atoms with Gasteiger partial charge in [-0.2, -0.15) is 0 Å². The average molecular weight is 348 g/mol. The molecular formula is C21H37N3O. The molecule has 4 heteroatoms. The number of aliphatic imine (C=N–C) groups is 1. The summed E-state index contributed by atoms with van der Waals surface area (Å²) in [4.78, 5) is 19.1. The SMILES string of the molecule is CC(=O)NC[C@H]1CC2=C(C(C)(C)C)[C@H](C(C)C)N=C(C(C)(C)C)N2C1. The van der Waals surface area contributed by atoms with Crippen LogP contribution in [0, 0.1) is 22.7 Å². The van der Waals surface area contributed by atoms with E-state index in [0.717, 1.165) is 19.5 Å². The standard InChI is InChI=1S/C21H37N3O/c1-13(2)18-17(20(4,5)6)16-10-15(11-22-14(3)25)12-24(16)19(23-18)21(7,8)9/h13,15,18H,10-12H2,1-9H3,(H,22,25)/t15-,18+/m1/s1. The fourth-order valence-electron chi connectivity index (χ4n) is 4.11. The first kappa shape index (κ1) is 20.0. The van der Waals surface area contributed by atoms with Crippen LogP contribution in [0.5, 0.6) is 0 Å². The summed E-state index contributed by atoms with van der Waals surface area (Å²) < 4.78 is 0. The molecule has 0 spiro atoms. The van der Waals surface area contributed by atoms with Crippen molar-refractivity contribution < 1.29 is 4.79 Å². The largest absolute Gasteiger partial charge is 0.356 e. The van der Waals surface area contributed by atoms with Gasteiger partial charge in [0.2, 0.25) is 5.91 Å². The Labute approximate surface area is 154 Å². The Kier molecular flexibility index (Phi) is 5.42. The monoisotopic (exact) mass is 347 g/mol. The van der Waals surface area contributed by atoms with E-state index in [1.54, 1.807) is 6.92 Å². The van der Waals surface area contributed by atoms with E-state index in [4.69, 9.17) is 4.99 Å². The summed E-state index contributed by atoms with van der Waals surface area (Å²) in [6, 6.07) is 0.250. The second-order valence-electron chi connectivity index (χ2n) is 10.1. The zero-order valence-electron chi connectivity index (χ0n) is 17.7. The molecular weight excluding hydrogens is 310 g/mol. The minimum atomic E-state index is 0.0186. The van der Waals surface area contributed by atoms with Crippen LogP contribution >= 0.6 is 0 Å². The number of hydrogen-bond donors (Lipinski definition) is 1. The van der Waals surface area contributed by atoms with Gasteiger partial charge in [-0.3, -0.25) is 9.79 Å². The Hall–Kier alpha value is -1.32. The molecule has 0 saturated carbocycles. The topological polar surface area (TPSA) is 44.7 Å². The van der Waals surface area contributed by atoms with Crippen molar-refractivity contribution in [1.82, 2.24) is 10.2 Å². The molecule has 2 heterocycles. The molecule has 0 aromatic carbocycles. The van der Waals surface area contributed by atoms with Crippen LogP contribution in [0.15, 0.2) is 16.3 Å². The molecule has 1 saturated heterocycles. The van der Waals surface area contributed by atoms with E-state index in [1.807, 2.05) is 0 Å². The first-order chi connectivity index (χ1) is 11.3. The van der Waals surface area contributed by atoms with Crippen LogP contribution in [0.1, 0.15) is 68.7 Å². The molecule has 1 fully saturated rings. The summed E-state index contributed by atoms with van der Waals surface area (Å²) >= 11 is 0. The summed E-state index contributed by atoms with van der Waals surface area (Å²) in [5, 5.41) is 3.01. The molecule has 0 aliphatic carbocycles. The van der Waals surface area contributed by atoms with E-state index in [2.05, 4.69) is 65.6 Å². The maximum Gasteiger partial charge on any atom is 0.216 e. The van der Waals surface area contributed by atoms with Gasteiger partial charge in [0.05, 0.1) is 6.04 Å². The number of carbonyl (C=O) groups is 1. The van der Waals surface area contributed by atoms with Crippen molar-refractivity contribution in [3.8, 4) is 0 Å². The van der Waals surface area contributed by atoms with E-state index >= 15 is 0 Å². The Morgan fingerprint density at radius 1 is 1.20 bits per heavy atom. The van der Waals surface area contributed by atoms with Crippen molar-refractivity contribution in [2.75, 3.05) is 13.1 Å². The number of allylic oxidation sites excluding steroid dienone is 1. The lowest BCUT2D eigenvalue weighted by Gasteiger charge is -2.43. The van der Waals surface area contributed by atoms with Crippen LogP contribution in [0.3, 0.4) is 0 Å². The highest BCUT2D eigenvalue weighted by Gasteiger charge is 2.44. The normalized spacial score (nSPS) is 24.6. The Morgan fingerprint density at radius 2 is 1.80 bits per heavy atom. The zero-order chi connectivity index (χ0) is 19.2. The van der Waals surface area contributed by atoms with Gasteiger partial charge in [0.25, 0.3) is 0 Å². The molecule has 0 aromatic heterocycles. The van der Waals surface area contributed by atoms with E-state index in [-0.39, 0.29) is 22.8 Å². The highest BCUT2D eigenvalue weighted by atomic mass is 16.1. The van der Waals surface area contributed by atoms with Crippen molar-refractivity contribution in [2.45, 2.75) is 74.8 Å². The smallest absolute Gasteiger partial charge is 0.216 e. The molecule has 1 N–H and O–H groups in total. The Balaban J connectivity index is 2.48. The minimum Gasteiger partial charge on any atom is -0.356 e. The first-order valence-electron chi connectivity index (χ1n) is 9.66. The molecule has 0 radical (unpaired) electrons. The number of hydrogen-bond acceptors (Lipinski definition) is 3. The summed E-state index contributed by atoms with van der Waals surface area (Å²) in [5.41, 5.74) is 3.06. The van der Waals surface area contributed by atoms with Gasteiger partial charge in [-0.05, 0) is 29.2 Å². The fourth-order valence-corrected chi connectivity index (χ4v) is 4.11. The van der Waals surface area contributed by atoms with Gasteiger partial charge in [0, 0.05) is 31.1 Å². The quantitative estimate of drug-likeness (QED) is 0.830. The molecule has 2 aliphatic rings. The van der Waals surface area contributed by atoms with Gasteiger partial charge in [-0.25, -0.2) is 0 Å². The van der Waals surface area contributed by atoms with Gasteiger partial charge in [0.15, 0.2) is 0 Å². The number of amidine groups is 1. The molecule has 1 amide bonds. The third kappa shape index (κ3) is 4.27. The molecule has 2 aliphatic heterocycles. The molecule has 25 heavy (non-hydrogen) atoms. The highest BCUT2D eigenvalue weighted by molar-refractivity contribution is 5.90. The van der Waals surface area contributed by atoms with E-state index in [1.165, 1.54) is 17.1 Å². The number of fused-ring (bicyclic) bond motifs is 1. The number of amides is 1. The summed E-state index contributed by atoms with van der Waals surface area (Å²) in [6.45, 7) is 21.5. The van der Waals surface area contributed by atoms with Crippen molar-refractivity contribution in [2.24, 2.45) is 27.7 Å². The maximum atomic E-state index is 11.3. The summed E-state index contributed by atoms with van der Waals surface area (Å²) in [6.07, 6.45) is 1.03. The van der Waals surface area contributed by atoms with Gasteiger partial charge in [-0.15, -0.1) is 0 Å². The Morgan fingerprint density at radius 3 is 2.24 bits per heavy atom. The number of nitrogens with zero attached hydrogens (tertiary/aromatic N) is 2. The van der Waals surface area contributed by atoms with Crippen molar-refractivity contribution in [3.63, 3.8) is 0 Å². The number of nitrogens with one attached hydrogen (secondary N) is 1. The van der Waals surface area contributed by atoms with Crippen LogP contribution in [0.4, 0.5) is 0 Å². The summed E-state index contributed by atoms with van der Waals surface area (Å²) in [7, 11) is 0. The molecule has 142 valence electrons. The van der Waals surface area contributed by atoms with Gasteiger partial charge < -0.3 is 10.2 Å². The second-order valence-corrected chi connectivity index (χ2v) is 10.1. The molecule has 4 nitrogen and oxygen atoms in total. The van der Waals surface area contributed by atoms with Crippen molar-refractivity contribution >= 4 is 11.7 Å². The second kappa shape index (κ2) is 6.77. The lowest BCUT2D eigenvalue weighted by molar-refractivity contribution is -0.119. The number of carbonyl (C=O) groups excluding carboxylic acids is 1. The first-order valence-corrected chi connectivity index (χ1v) is 9.66. The fraction of sp³-hybridized carbons (Fsp3) is 0.810. The predicted molar refractivity (Wildman–Crippen MR) is 105 cm³/mol. The van der Waals surface area contributed by atoms with Crippen LogP contribution in [0.25, 0.3) is 0 Å². The molecule has 2 atom stereocenters. The van der Waals surface area contributed by atoms with Crippen LogP contribution in [0.2, 0.25) is 0 Å². The van der Waals surface area contributed by atoms with Crippen molar-refractivity contribution in [3.05, 3.63) is 11.3 Å². The van der Waals surface area contributed by atoms with Crippen LogP contribution in [-0.4, -0.2) is 35.8 Å². The van der Waals surface area contributed by atoms with E-state index in [0.29, 0.717) is 11.8 Å². The average Bonchev–Trinajstić information content (AvgIpc) is 2.83. The lowest BCUT2D eigenvalue weighted by atomic mass is 9.75. The molecule has 0 unspecified atom stereocenters. The molecule has 0 aromatic rings. The Bertz CT molecular complexity index is 587. The van der Waals surface area contributed by atoms with E-state index in [9.17, 15) is 4.79 Å².